The first kappa shape index (κ1) is 11.0. The van der Waals surface area contributed by atoms with Crippen LogP contribution >= 0.6 is 0 Å². The second-order valence-electron chi connectivity index (χ2n) is 4.75. The summed E-state index contributed by atoms with van der Waals surface area (Å²) in [6.45, 7) is 8.12. The Balaban J connectivity index is 2.47. The first-order valence-corrected chi connectivity index (χ1v) is 5.70. The molecule has 0 saturated carbocycles. The van der Waals surface area contributed by atoms with E-state index in [1.54, 1.807) is 0 Å². The fourth-order valence-electron chi connectivity index (χ4n) is 1.61. The topological polar surface area (TPSA) is 75.9 Å². The number of nitrogen functional groups attached to an aromatic ring is 1. The van der Waals surface area contributed by atoms with Gasteiger partial charge in [0.2, 0.25) is 0 Å². The highest BCUT2D eigenvalue weighted by Crippen LogP contribution is 2.32. The Hall–Kier alpha value is -1.52. The molecular formula is C11H19N5. The molecule has 1 aromatic heterocycles. The van der Waals surface area contributed by atoms with Crippen LogP contribution in [0.4, 0.5) is 17.3 Å². The minimum atomic E-state index is -0.0394. The summed E-state index contributed by atoms with van der Waals surface area (Å²) >= 11 is 0. The molecule has 0 aromatic carbocycles. The van der Waals surface area contributed by atoms with Crippen molar-refractivity contribution in [2.75, 3.05) is 29.5 Å². The highest BCUT2D eigenvalue weighted by Gasteiger charge is 2.25. The van der Waals surface area contributed by atoms with Gasteiger partial charge in [-0.15, -0.1) is 0 Å². The maximum atomic E-state index is 5.94. The molecule has 1 aromatic rings. The number of aromatic nitrogens is 2. The monoisotopic (exact) mass is 221 g/mol. The van der Waals surface area contributed by atoms with E-state index in [4.69, 9.17) is 5.73 Å². The van der Waals surface area contributed by atoms with Gasteiger partial charge >= 0.3 is 0 Å². The minimum absolute atomic E-state index is 0.0394. The average Bonchev–Trinajstić information content (AvgIpc) is 2.29. The summed E-state index contributed by atoms with van der Waals surface area (Å²) in [5.41, 5.74) is 6.74. The van der Waals surface area contributed by atoms with Crippen LogP contribution in [-0.4, -0.2) is 23.1 Å². The first-order chi connectivity index (χ1) is 7.54. The summed E-state index contributed by atoms with van der Waals surface area (Å²) in [4.78, 5) is 8.95. The van der Waals surface area contributed by atoms with Crippen LogP contribution in [0.15, 0.2) is 0 Å². The van der Waals surface area contributed by atoms with Crippen LogP contribution in [-0.2, 0) is 5.41 Å². The summed E-state index contributed by atoms with van der Waals surface area (Å²) in [5, 5.41) is 6.46. The molecule has 16 heavy (non-hydrogen) atoms. The van der Waals surface area contributed by atoms with Crippen LogP contribution in [0, 0.1) is 0 Å². The van der Waals surface area contributed by atoms with Gasteiger partial charge in [0.25, 0.3) is 0 Å². The first-order valence-electron chi connectivity index (χ1n) is 5.70. The Labute approximate surface area is 95.9 Å². The Bertz CT molecular complexity index is 400. The van der Waals surface area contributed by atoms with Gasteiger partial charge in [0, 0.05) is 18.5 Å². The molecule has 0 spiro atoms. The lowest BCUT2D eigenvalue weighted by Crippen LogP contribution is -2.27. The SMILES string of the molecule is CCC(C)(C)c1nc(N)c2c(n1)NCCN2. The molecule has 1 aliphatic rings. The van der Waals surface area contributed by atoms with E-state index in [0.29, 0.717) is 5.82 Å². The lowest BCUT2D eigenvalue weighted by molar-refractivity contribution is 0.474. The van der Waals surface area contributed by atoms with Gasteiger partial charge < -0.3 is 16.4 Å². The molecule has 5 nitrogen and oxygen atoms in total. The Morgan fingerprint density at radius 2 is 1.94 bits per heavy atom. The van der Waals surface area contributed by atoms with Crippen molar-refractivity contribution < 1.29 is 0 Å². The lowest BCUT2D eigenvalue weighted by atomic mass is 9.89. The molecule has 0 unspecified atom stereocenters. The summed E-state index contributed by atoms with van der Waals surface area (Å²) < 4.78 is 0. The van der Waals surface area contributed by atoms with Gasteiger partial charge in [-0.2, -0.15) is 0 Å². The van der Waals surface area contributed by atoms with Crippen molar-refractivity contribution in [2.24, 2.45) is 0 Å². The molecule has 5 heteroatoms. The largest absolute Gasteiger partial charge is 0.382 e. The second kappa shape index (κ2) is 3.81. The molecule has 88 valence electrons. The van der Waals surface area contributed by atoms with Crippen molar-refractivity contribution in [3.05, 3.63) is 5.82 Å². The molecule has 2 rings (SSSR count). The zero-order valence-corrected chi connectivity index (χ0v) is 10.1. The molecule has 0 saturated heterocycles. The molecule has 1 aliphatic heterocycles. The van der Waals surface area contributed by atoms with Crippen molar-refractivity contribution >= 4 is 17.3 Å². The van der Waals surface area contributed by atoms with Crippen LogP contribution in [0.1, 0.15) is 33.0 Å². The van der Waals surface area contributed by atoms with E-state index >= 15 is 0 Å². The van der Waals surface area contributed by atoms with Gasteiger partial charge in [0.1, 0.15) is 11.5 Å². The lowest BCUT2D eigenvalue weighted by Gasteiger charge is -2.25. The summed E-state index contributed by atoms with van der Waals surface area (Å²) in [7, 11) is 0. The van der Waals surface area contributed by atoms with Gasteiger partial charge in [-0.05, 0) is 6.42 Å². The minimum Gasteiger partial charge on any atom is -0.382 e. The predicted octanol–water partition coefficient (Wildman–Crippen LogP) is 1.58. The van der Waals surface area contributed by atoms with E-state index in [9.17, 15) is 0 Å². The Kier molecular flexibility index (Phi) is 2.61. The third-order valence-corrected chi connectivity index (χ3v) is 3.15. The van der Waals surface area contributed by atoms with Crippen molar-refractivity contribution in [3.8, 4) is 0 Å². The van der Waals surface area contributed by atoms with E-state index in [-0.39, 0.29) is 5.41 Å². The summed E-state index contributed by atoms with van der Waals surface area (Å²) in [6.07, 6.45) is 0.985. The highest BCUT2D eigenvalue weighted by molar-refractivity contribution is 5.77. The number of hydrogen-bond donors (Lipinski definition) is 3. The van der Waals surface area contributed by atoms with Crippen LogP contribution in [0.2, 0.25) is 0 Å². The fourth-order valence-corrected chi connectivity index (χ4v) is 1.61. The van der Waals surface area contributed by atoms with Crippen molar-refractivity contribution in [1.29, 1.82) is 0 Å². The number of nitrogens with zero attached hydrogens (tertiary/aromatic N) is 2. The van der Waals surface area contributed by atoms with Crippen molar-refractivity contribution in [2.45, 2.75) is 32.6 Å². The molecule has 0 aliphatic carbocycles. The zero-order valence-electron chi connectivity index (χ0n) is 10.1. The van der Waals surface area contributed by atoms with Gasteiger partial charge in [-0.25, -0.2) is 9.97 Å². The van der Waals surface area contributed by atoms with Gasteiger partial charge in [0.05, 0.1) is 0 Å². The van der Waals surface area contributed by atoms with Gasteiger partial charge in [-0.1, -0.05) is 20.8 Å². The van der Waals surface area contributed by atoms with E-state index in [1.807, 2.05) is 0 Å². The van der Waals surface area contributed by atoms with Crippen LogP contribution in [0.5, 0.6) is 0 Å². The molecule has 0 atom stereocenters. The number of nitrogens with one attached hydrogen (secondary N) is 2. The number of anilines is 3. The maximum Gasteiger partial charge on any atom is 0.155 e. The van der Waals surface area contributed by atoms with Gasteiger partial charge in [-0.3, -0.25) is 0 Å². The number of fused-ring (bicyclic) bond motifs is 1. The predicted molar refractivity (Wildman–Crippen MR) is 66.7 cm³/mol. The third kappa shape index (κ3) is 1.77. The van der Waals surface area contributed by atoms with Crippen LogP contribution < -0.4 is 16.4 Å². The molecule has 0 radical (unpaired) electrons. The number of hydrogen-bond acceptors (Lipinski definition) is 5. The Morgan fingerprint density at radius 3 is 2.62 bits per heavy atom. The molecule has 0 amide bonds. The standard InChI is InChI=1S/C11H19N5/c1-4-11(2,3)10-15-8(12)7-9(16-10)14-6-5-13-7/h13H,4-6H2,1-3H3,(H3,12,14,15,16). The molecule has 0 bridgehead atoms. The molecule has 0 fully saturated rings. The Morgan fingerprint density at radius 1 is 1.25 bits per heavy atom. The number of rotatable bonds is 2. The van der Waals surface area contributed by atoms with E-state index in [2.05, 4.69) is 41.4 Å². The van der Waals surface area contributed by atoms with E-state index in [1.165, 1.54) is 0 Å². The fraction of sp³-hybridized carbons (Fsp3) is 0.636. The molecule has 4 N–H and O–H groups in total. The van der Waals surface area contributed by atoms with E-state index < -0.39 is 0 Å². The third-order valence-electron chi connectivity index (χ3n) is 3.15. The zero-order chi connectivity index (χ0) is 11.8. The van der Waals surface area contributed by atoms with Gasteiger partial charge in [0.15, 0.2) is 11.6 Å². The van der Waals surface area contributed by atoms with E-state index in [0.717, 1.165) is 36.8 Å². The van der Waals surface area contributed by atoms with Crippen molar-refractivity contribution in [1.82, 2.24) is 9.97 Å². The average molecular weight is 221 g/mol. The smallest absolute Gasteiger partial charge is 0.155 e. The summed E-state index contributed by atoms with van der Waals surface area (Å²) in [5.74, 6) is 2.17. The maximum absolute atomic E-state index is 5.94. The molecule has 2 heterocycles. The number of nitrogens with two attached hydrogens (primary N) is 1. The highest BCUT2D eigenvalue weighted by atomic mass is 15.1. The quantitative estimate of drug-likeness (QED) is 0.707. The van der Waals surface area contributed by atoms with Crippen LogP contribution in [0.25, 0.3) is 0 Å². The molecular weight excluding hydrogens is 202 g/mol. The second-order valence-corrected chi connectivity index (χ2v) is 4.75. The normalized spacial score (nSPS) is 14.9. The van der Waals surface area contributed by atoms with Crippen LogP contribution in [0.3, 0.4) is 0 Å². The summed E-state index contributed by atoms with van der Waals surface area (Å²) in [6, 6.07) is 0. The van der Waals surface area contributed by atoms with Crippen molar-refractivity contribution in [3.63, 3.8) is 0 Å².